The molecule has 3 atom stereocenters. The molecule has 1 rings (SSSR count). The van der Waals surface area contributed by atoms with Crippen LogP contribution in [0.1, 0.15) is 47.0 Å². The summed E-state index contributed by atoms with van der Waals surface area (Å²) in [7, 11) is 0. The lowest BCUT2D eigenvalue weighted by atomic mass is 9.92. The van der Waals surface area contributed by atoms with E-state index in [1.807, 2.05) is 20.8 Å². The summed E-state index contributed by atoms with van der Waals surface area (Å²) in [4.78, 5) is 5.35. The number of alkyl halides is 1. The molecule has 0 unspecified atom stereocenters. The van der Waals surface area contributed by atoms with Crippen molar-refractivity contribution in [3.8, 4) is 0 Å². The number of halogens is 1. The molecular formula is C15H28FNO4. The molecule has 0 fully saturated rings. The molecule has 0 aromatic heterocycles. The molecule has 0 aromatic carbocycles. The molecule has 1 aliphatic rings. The van der Waals surface area contributed by atoms with E-state index in [-0.39, 0.29) is 11.6 Å². The molecule has 1 heterocycles. The molecule has 0 N–H and O–H groups in total. The third-order valence-corrected chi connectivity index (χ3v) is 3.37. The predicted octanol–water partition coefficient (Wildman–Crippen LogP) is 3.28. The third-order valence-electron chi connectivity index (χ3n) is 3.37. The zero-order chi connectivity index (χ0) is 15.7. The molecule has 0 amide bonds. The summed E-state index contributed by atoms with van der Waals surface area (Å²) >= 11 is 0. The SMILES string of the molecule is CCCC[C@H]1[C@H](OCC)ON=C(C(OCC)OCC)[C@@H]1F. The Kier molecular flexibility index (Phi) is 8.80. The molecule has 0 saturated carbocycles. The number of ether oxygens (including phenoxy) is 3. The van der Waals surface area contributed by atoms with Gasteiger partial charge in [-0.2, -0.15) is 0 Å². The van der Waals surface area contributed by atoms with Gasteiger partial charge in [0.05, 0.1) is 5.92 Å². The second kappa shape index (κ2) is 10.1. The highest BCUT2D eigenvalue weighted by molar-refractivity contribution is 5.92. The number of hydrogen-bond acceptors (Lipinski definition) is 5. The molecule has 5 nitrogen and oxygen atoms in total. The molecule has 0 bridgehead atoms. The first-order chi connectivity index (χ1) is 10.2. The Morgan fingerprint density at radius 3 is 2.33 bits per heavy atom. The highest BCUT2D eigenvalue weighted by Gasteiger charge is 2.42. The Hall–Kier alpha value is -0.720. The van der Waals surface area contributed by atoms with Crippen LogP contribution < -0.4 is 0 Å². The van der Waals surface area contributed by atoms with Gasteiger partial charge in [0.1, 0.15) is 5.71 Å². The number of oxime groups is 1. The van der Waals surface area contributed by atoms with Crippen LogP contribution >= 0.6 is 0 Å². The normalized spacial score (nSPS) is 25.8. The van der Waals surface area contributed by atoms with Crippen LogP contribution in [0.4, 0.5) is 4.39 Å². The molecule has 6 heteroatoms. The van der Waals surface area contributed by atoms with Gasteiger partial charge in [-0.3, -0.25) is 0 Å². The van der Waals surface area contributed by atoms with E-state index in [2.05, 4.69) is 12.1 Å². The van der Waals surface area contributed by atoms with Crippen LogP contribution in [0.15, 0.2) is 5.16 Å². The molecular weight excluding hydrogens is 277 g/mol. The van der Waals surface area contributed by atoms with E-state index in [0.29, 0.717) is 26.2 Å². The van der Waals surface area contributed by atoms with Gasteiger partial charge in [-0.05, 0) is 27.2 Å². The Balaban J connectivity index is 2.84. The number of rotatable bonds is 10. The lowest BCUT2D eigenvalue weighted by molar-refractivity contribution is -0.194. The van der Waals surface area contributed by atoms with Crippen LogP contribution in [0.5, 0.6) is 0 Å². The molecule has 0 aliphatic carbocycles. The zero-order valence-electron chi connectivity index (χ0n) is 13.5. The molecule has 0 radical (unpaired) electrons. The minimum Gasteiger partial charge on any atom is -0.363 e. The van der Waals surface area contributed by atoms with Crippen molar-refractivity contribution in [1.29, 1.82) is 0 Å². The first-order valence-corrected chi connectivity index (χ1v) is 7.91. The van der Waals surface area contributed by atoms with Crippen LogP contribution in [-0.2, 0) is 19.0 Å². The predicted molar refractivity (Wildman–Crippen MR) is 78.9 cm³/mol. The fourth-order valence-electron chi connectivity index (χ4n) is 2.33. The Morgan fingerprint density at radius 1 is 1.14 bits per heavy atom. The number of unbranched alkanes of at least 4 members (excludes halogenated alkanes) is 1. The van der Waals surface area contributed by atoms with E-state index in [1.165, 1.54) is 0 Å². The average molecular weight is 305 g/mol. The molecule has 21 heavy (non-hydrogen) atoms. The number of hydrogen-bond donors (Lipinski definition) is 0. The zero-order valence-corrected chi connectivity index (χ0v) is 13.5. The van der Waals surface area contributed by atoms with Crippen molar-refractivity contribution in [2.24, 2.45) is 11.1 Å². The van der Waals surface area contributed by atoms with Gasteiger partial charge in [-0.15, -0.1) is 0 Å². The lowest BCUT2D eigenvalue weighted by Crippen LogP contribution is -2.47. The first kappa shape index (κ1) is 18.3. The van der Waals surface area contributed by atoms with Gasteiger partial charge >= 0.3 is 0 Å². The summed E-state index contributed by atoms with van der Waals surface area (Å²) in [5, 5.41) is 3.87. The summed E-state index contributed by atoms with van der Waals surface area (Å²) < 4.78 is 31.2. The maximum Gasteiger partial charge on any atom is 0.232 e. The fourth-order valence-corrected chi connectivity index (χ4v) is 2.33. The Morgan fingerprint density at radius 2 is 1.81 bits per heavy atom. The van der Waals surface area contributed by atoms with Crippen LogP contribution in [0.25, 0.3) is 0 Å². The summed E-state index contributed by atoms with van der Waals surface area (Å²) in [6, 6.07) is 0. The maximum atomic E-state index is 14.9. The second-order valence-electron chi connectivity index (χ2n) is 4.90. The standard InChI is InChI=1S/C15H28FNO4/c1-5-9-10-11-12(16)13(15(19-7-3)20-8-4)17-21-14(11)18-6-2/h11-12,14-15H,5-10H2,1-4H3/t11-,12-,14-/m1/s1. The van der Waals surface area contributed by atoms with E-state index >= 15 is 0 Å². The van der Waals surface area contributed by atoms with E-state index in [0.717, 1.165) is 12.8 Å². The smallest absolute Gasteiger partial charge is 0.232 e. The Bertz CT molecular complexity index is 308. The molecule has 0 spiro atoms. The van der Waals surface area contributed by atoms with Crippen LogP contribution in [0, 0.1) is 5.92 Å². The minimum absolute atomic E-state index is 0.177. The van der Waals surface area contributed by atoms with Crippen molar-refractivity contribution in [2.45, 2.75) is 65.7 Å². The molecule has 0 aromatic rings. The lowest BCUT2D eigenvalue weighted by Gasteiger charge is -2.34. The van der Waals surface area contributed by atoms with Crippen LogP contribution in [-0.4, -0.2) is 44.3 Å². The van der Waals surface area contributed by atoms with E-state index in [9.17, 15) is 4.39 Å². The maximum absolute atomic E-state index is 14.9. The summed E-state index contributed by atoms with van der Waals surface area (Å²) in [6.07, 6.45) is -0.101. The van der Waals surface area contributed by atoms with E-state index in [4.69, 9.17) is 19.0 Å². The van der Waals surface area contributed by atoms with Gasteiger partial charge in [-0.1, -0.05) is 24.9 Å². The fraction of sp³-hybridized carbons (Fsp3) is 0.933. The van der Waals surface area contributed by atoms with Crippen molar-refractivity contribution in [3.05, 3.63) is 0 Å². The van der Waals surface area contributed by atoms with Gasteiger partial charge in [0.15, 0.2) is 6.17 Å². The minimum atomic E-state index is -1.27. The molecule has 124 valence electrons. The van der Waals surface area contributed by atoms with Crippen LogP contribution in [0.3, 0.4) is 0 Å². The molecule has 0 saturated heterocycles. The Labute approximate surface area is 126 Å². The third kappa shape index (κ3) is 5.20. The highest BCUT2D eigenvalue weighted by atomic mass is 19.1. The van der Waals surface area contributed by atoms with Gasteiger partial charge in [0, 0.05) is 19.8 Å². The van der Waals surface area contributed by atoms with E-state index in [1.54, 1.807) is 0 Å². The van der Waals surface area contributed by atoms with Gasteiger partial charge in [0.25, 0.3) is 0 Å². The monoisotopic (exact) mass is 305 g/mol. The number of nitrogens with zero attached hydrogens (tertiary/aromatic N) is 1. The first-order valence-electron chi connectivity index (χ1n) is 7.91. The second-order valence-corrected chi connectivity index (χ2v) is 4.90. The van der Waals surface area contributed by atoms with Crippen molar-refractivity contribution in [2.75, 3.05) is 19.8 Å². The summed E-state index contributed by atoms with van der Waals surface area (Å²) in [6.45, 7) is 8.91. The quantitative estimate of drug-likeness (QED) is 0.581. The van der Waals surface area contributed by atoms with Crippen molar-refractivity contribution in [3.63, 3.8) is 0 Å². The van der Waals surface area contributed by atoms with Crippen molar-refractivity contribution >= 4 is 5.71 Å². The van der Waals surface area contributed by atoms with Gasteiger partial charge in [0.2, 0.25) is 12.6 Å². The highest BCUT2D eigenvalue weighted by Crippen LogP contribution is 2.30. The van der Waals surface area contributed by atoms with Crippen molar-refractivity contribution in [1.82, 2.24) is 0 Å². The largest absolute Gasteiger partial charge is 0.363 e. The van der Waals surface area contributed by atoms with Crippen molar-refractivity contribution < 1.29 is 23.4 Å². The summed E-state index contributed by atoms with van der Waals surface area (Å²) in [5.41, 5.74) is 0.177. The molecule has 1 aliphatic heterocycles. The summed E-state index contributed by atoms with van der Waals surface area (Å²) in [5.74, 6) is -0.374. The van der Waals surface area contributed by atoms with Crippen LogP contribution in [0.2, 0.25) is 0 Å². The van der Waals surface area contributed by atoms with Gasteiger partial charge < -0.3 is 19.0 Å². The van der Waals surface area contributed by atoms with Gasteiger partial charge in [-0.25, -0.2) is 4.39 Å². The van der Waals surface area contributed by atoms with E-state index < -0.39 is 18.8 Å². The topological polar surface area (TPSA) is 49.3 Å². The average Bonchev–Trinajstić information content (AvgIpc) is 2.47.